The molecule has 0 spiro atoms. The molecule has 4 nitrogen and oxygen atoms in total. The van der Waals surface area contributed by atoms with Gasteiger partial charge in [-0.15, -0.1) is 0 Å². The Balaban J connectivity index is 2.04. The third-order valence-electron chi connectivity index (χ3n) is 3.68. The van der Waals surface area contributed by atoms with Crippen LogP contribution < -0.4 is 0 Å². The van der Waals surface area contributed by atoms with E-state index in [9.17, 15) is 9.59 Å². The summed E-state index contributed by atoms with van der Waals surface area (Å²) in [6.45, 7) is 3.67. The summed E-state index contributed by atoms with van der Waals surface area (Å²) in [5.41, 5.74) is 1.54. The molecular weight excluding hydrogens is 320 g/mol. The summed E-state index contributed by atoms with van der Waals surface area (Å²) in [7, 11) is 1.68. The maximum absolute atomic E-state index is 12.4. The Morgan fingerprint density at radius 3 is 2.60 bits per heavy atom. The summed E-state index contributed by atoms with van der Waals surface area (Å²) in [6, 6.07) is 5.53. The number of carbonyl (C=O) groups is 2. The van der Waals surface area contributed by atoms with Crippen LogP contribution in [0.4, 0.5) is 0 Å². The van der Waals surface area contributed by atoms with E-state index in [-0.39, 0.29) is 18.4 Å². The van der Waals surface area contributed by atoms with Crippen LogP contribution in [0.25, 0.3) is 0 Å². The molecule has 2 amide bonds. The molecule has 1 aliphatic rings. The van der Waals surface area contributed by atoms with Crippen LogP contribution in [0.5, 0.6) is 0 Å². The van der Waals surface area contributed by atoms with Crippen molar-refractivity contribution < 1.29 is 9.59 Å². The van der Waals surface area contributed by atoms with Crippen LogP contribution in [0, 0.1) is 6.92 Å². The number of nitrogens with zero attached hydrogens (tertiary/aromatic N) is 2. The molecule has 2 rings (SSSR count). The van der Waals surface area contributed by atoms with Crippen LogP contribution in [0.2, 0.25) is 0 Å². The zero-order chi connectivity index (χ0) is 14.7. The minimum atomic E-state index is -0.114. The number of amides is 2. The van der Waals surface area contributed by atoms with E-state index in [1.165, 1.54) is 4.90 Å². The first-order chi connectivity index (χ1) is 9.50. The summed E-state index contributed by atoms with van der Waals surface area (Å²) in [5.74, 6) is -0.0812. The van der Waals surface area contributed by atoms with Crippen molar-refractivity contribution >= 4 is 27.7 Å². The van der Waals surface area contributed by atoms with Crippen LogP contribution in [0.15, 0.2) is 22.7 Å². The van der Waals surface area contributed by atoms with Gasteiger partial charge in [-0.05, 0) is 37.5 Å². The molecule has 108 valence electrons. The molecule has 1 aromatic carbocycles. The van der Waals surface area contributed by atoms with Crippen molar-refractivity contribution in [2.75, 3.05) is 26.7 Å². The molecule has 0 N–H and O–H groups in total. The van der Waals surface area contributed by atoms with Gasteiger partial charge in [-0.25, -0.2) is 0 Å². The van der Waals surface area contributed by atoms with Crippen LogP contribution in [0.1, 0.15) is 28.8 Å². The average Bonchev–Trinajstić information content (AvgIpc) is 2.95. The van der Waals surface area contributed by atoms with Crippen molar-refractivity contribution in [2.45, 2.75) is 19.8 Å². The lowest BCUT2D eigenvalue weighted by molar-refractivity contribution is -0.130. The first kappa shape index (κ1) is 15.0. The standard InChI is InChI=1S/C15H19BrN2O2/c1-11-12(6-5-7-13(11)16)15(20)17(2)10-14(19)18-8-3-4-9-18/h5-7H,3-4,8-10H2,1-2H3. The lowest BCUT2D eigenvalue weighted by Gasteiger charge is -2.22. The Kier molecular flexibility index (Phi) is 4.81. The predicted molar refractivity (Wildman–Crippen MR) is 81.7 cm³/mol. The van der Waals surface area contributed by atoms with E-state index in [0.717, 1.165) is 36.0 Å². The van der Waals surface area contributed by atoms with Gasteiger partial charge in [0.2, 0.25) is 5.91 Å². The van der Waals surface area contributed by atoms with Gasteiger partial charge in [0.05, 0.1) is 6.54 Å². The second-order valence-electron chi connectivity index (χ2n) is 5.16. The number of benzene rings is 1. The second-order valence-corrected chi connectivity index (χ2v) is 6.02. The molecular formula is C15H19BrN2O2. The van der Waals surface area contributed by atoms with Crippen molar-refractivity contribution in [3.05, 3.63) is 33.8 Å². The molecule has 0 radical (unpaired) electrons. The zero-order valence-electron chi connectivity index (χ0n) is 11.9. The van der Waals surface area contributed by atoms with E-state index in [1.54, 1.807) is 13.1 Å². The molecule has 0 aliphatic carbocycles. The highest BCUT2D eigenvalue weighted by Gasteiger charge is 2.22. The van der Waals surface area contributed by atoms with Gasteiger partial charge in [0.25, 0.3) is 5.91 Å². The maximum Gasteiger partial charge on any atom is 0.254 e. The van der Waals surface area contributed by atoms with Crippen LogP contribution in [-0.4, -0.2) is 48.3 Å². The maximum atomic E-state index is 12.4. The van der Waals surface area contributed by atoms with E-state index >= 15 is 0 Å². The molecule has 1 heterocycles. The molecule has 0 unspecified atom stereocenters. The number of hydrogen-bond donors (Lipinski definition) is 0. The van der Waals surface area contributed by atoms with E-state index in [4.69, 9.17) is 0 Å². The molecule has 0 aromatic heterocycles. The highest BCUT2D eigenvalue weighted by Crippen LogP contribution is 2.20. The summed E-state index contributed by atoms with van der Waals surface area (Å²) in [5, 5.41) is 0. The van der Waals surface area contributed by atoms with Gasteiger partial charge in [0.15, 0.2) is 0 Å². The summed E-state index contributed by atoms with van der Waals surface area (Å²) in [4.78, 5) is 27.8. The van der Waals surface area contributed by atoms with Gasteiger partial charge in [-0.1, -0.05) is 22.0 Å². The minimum Gasteiger partial charge on any atom is -0.341 e. The normalized spacial score (nSPS) is 14.4. The van der Waals surface area contributed by atoms with Gasteiger partial charge in [-0.2, -0.15) is 0 Å². The summed E-state index contributed by atoms with van der Waals surface area (Å²) in [6.07, 6.45) is 2.13. The lowest BCUT2D eigenvalue weighted by atomic mass is 10.1. The Morgan fingerprint density at radius 2 is 1.95 bits per heavy atom. The number of halogens is 1. The van der Waals surface area contributed by atoms with E-state index < -0.39 is 0 Å². The molecule has 20 heavy (non-hydrogen) atoms. The van der Waals surface area contributed by atoms with Gasteiger partial charge in [-0.3, -0.25) is 9.59 Å². The third kappa shape index (κ3) is 3.20. The highest BCUT2D eigenvalue weighted by molar-refractivity contribution is 9.10. The topological polar surface area (TPSA) is 40.6 Å². The molecule has 0 bridgehead atoms. The monoisotopic (exact) mass is 338 g/mol. The van der Waals surface area contributed by atoms with Gasteiger partial charge >= 0.3 is 0 Å². The van der Waals surface area contributed by atoms with Crippen molar-refractivity contribution in [2.24, 2.45) is 0 Å². The van der Waals surface area contributed by atoms with E-state index in [0.29, 0.717) is 5.56 Å². The number of rotatable bonds is 3. The largest absolute Gasteiger partial charge is 0.341 e. The van der Waals surface area contributed by atoms with E-state index in [1.807, 2.05) is 24.0 Å². The van der Waals surface area contributed by atoms with Crippen LogP contribution in [0.3, 0.4) is 0 Å². The molecule has 5 heteroatoms. The Labute approximate surface area is 127 Å². The summed E-state index contributed by atoms with van der Waals surface area (Å²) >= 11 is 3.42. The average molecular weight is 339 g/mol. The number of carbonyl (C=O) groups excluding carboxylic acids is 2. The Hall–Kier alpha value is -1.36. The molecule has 1 saturated heterocycles. The SMILES string of the molecule is Cc1c(Br)cccc1C(=O)N(C)CC(=O)N1CCCC1. The zero-order valence-corrected chi connectivity index (χ0v) is 13.4. The molecule has 1 aromatic rings. The Morgan fingerprint density at radius 1 is 1.30 bits per heavy atom. The van der Waals surface area contributed by atoms with Crippen molar-refractivity contribution in [1.82, 2.24) is 9.80 Å². The van der Waals surface area contributed by atoms with Crippen LogP contribution >= 0.6 is 15.9 Å². The Bertz CT molecular complexity index is 525. The number of likely N-dealkylation sites (tertiary alicyclic amines) is 1. The van der Waals surface area contributed by atoms with Crippen LogP contribution in [-0.2, 0) is 4.79 Å². The second kappa shape index (κ2) is 6.39. The van der Waals surface area contributed by atoms with Crippen molar-refractivity contribution in [3.8, 4) is 0 Å². The molecule has 1 aliphatic heterocycles. The highest BCUT2D eigenvalue weighted by atomic mass is 79.9. The first-order valence-corrected chi connectivity index (χ1v) is 7.58. The smallest absolute Gasteiger partial charge is 0.254 e. The van der Waals surface area contributed by atoms with Gasteiger partial charge in [0.1, 0.15) is 0 Å². The van der Waals surface area contributed by atoms with E-state index in [2.05, 4.69) is 15.9 Å². The molecule has 0 saturated carbocycles. The van der Waals surface area contributed by atoms with Crippen molar-refractivity contribution in [3.63, 3.8) is 0 Å². The number of hydrogen-bond acceptors (Lipinski definition) is 2. The number of likely N-dealkylation sites (N-methyl/N-ethyl adjacent to an activating group) is 1. The fourth-order valence-electron chi connectivity index (χ4n) is 2.39. The fourth-order valence-corrected chi connectivity index (χ4v) is 2.75. The first-order valence-electron chi connectivity index (χ1n) is 6.79. The minimum absolute atomic E-state index is 0.0333. The fraction of sp³-hybridized carbons (Fsp3) is 0.467. The molecule has 0 atom stereocenters. The van der Waals surface area contributed by atoms with Gasteiger partial charge in [0, 0.05) is 30.2 Å². The quantitative estimate of drug-likeness (QED) is 0.849. The third-order valence-corrected chi connectivity index (χ3v) is 4.54. The lowest BCUT2D eigenvalue weighted by Crippen LogP contribution is -2.40. The van der Waals surface area contributed by atoms with Crippen molar-refractivity contribution in [1.29, 1.82) is 0 Å². The van der Waals surface area contributed by atoms with Gasteiger partial charge < -0.3 is 9.80 Å². The predicted octanol–water partition coefficient (Wildman–Crippen LogP) is 2.45. The molecule has 1 fully saturated rings. The summed E-state index contributed by atoms with van der Waals surface area (Å²) < 4.78 is 0.905.